The van der Waals surface area contributed by atoms with Gasteiger partial charge in [-0.15, -0.1) is 24.0 Å². The summed E-state index contributed by atoms with van der Waals surface area (Å²) in [7, 11) is 3.31. The number of hydrogen-bond acceptors (Lipinski definition) is 5. The Morgan fingerprint density at radius 2 is 1.96 bits per heavy atom. The Bertz CT molecular complexity index is 689. The summed E-state index contributed by atoms with van der Waals surface area (Å²) in [5.74, 6) is 1.04. The lowest BCUT2D eigenvalue weighted by molar-refractivity contribution is -0.127. The molecule has 1 aromatic rings. The van der Waals surface area contributed by atoms with E-state index in [0.29, 0.717) is 29.6 Å². The van der Waals surface area contributed by atoms with Gasteiger partial charge >= 0.3 is 6.61 Å². The number of nitrogens with one attached hydrogen (secondary N) is 2. The van der Waals surface area contributed by atoms with Gasteiger partial charge in [0.1, 0.15) is 5.75 Å². The van der Waals surface area contributed by atoms with Gasteiger partial charge in [0.15, 0.2) is 17.5 Å². The van der Waals surface area contributed by atoms with E-state index in [1.807, 2.05) is 6.92 Å². The molecule has 0 aromatic heterocycles. The van der Waals surface area contributed by atoms with Crippen molar-refractivity contribution in [3.8, 4) is 17.2 Å². The Balaban J connectivity index is 0.00000392. The van der Waals surface area contributed by atoms with E-state index in [2.05, 4.69) is 20.4 Å². The van der Waals surface area contributed by atoms with Gasteiger partial charge in [0.25, 0.3) is 0 Å². The second-order valence-electron chi connectivity index (χ2n) is 5.93. The SMILES string of the molecule is CCCNC(=NCc1cc2c(cc1OC(F)F)OCO2)NCC(=O)N(C)C.I. The molecule has 158 valence electrons. The minimum absolute atomic E-state index is 0. The number of fused-ring (bicyclic) bond motifs is 1. The Hall–Kier alpha value is -2.05. The fourth-order valence-corrected chi connectivity index (χ4v) is 2.19. The van der Waals surface area contributed by atoms with Gasteiger partial charge in [-0.05, 0) is 12.5 Å². The summed E-state index contributed by atoms with van der Waals surface area (Å²) in [6.07, 6.45) is 0.853. The smallest absolute Gasteiger partial charge is 0.387 e. The maximum atomic E-state index is 12.7. The standard InChI is InChI=1S/C17H24F2N4O4.HI/c1-4-5-20-17(22-9-15(24)23(2)3)21-8-11-6-13-14(26-10-25-13)7-12(11)27-16(18)19;/h6-7,16H,4-5,8-10H2,1-3H3,(H2,20,21,22);1H. The molecule has 1 aliphatic heterocycles. The molecule has 0 radical (unpaired) electrons. The van der Waals surface area contributed by atoms with Crippen LogP contribution in [0.15, 0.2) is 17.1 Å². The average molecular weight is 514 g/mol. The van der Waals surface area contributed by atoms with Crippen LogP contribution in [0, 0.1) is 0 Å². The average Bonchev–Trinajstić information content (AvgIpc) is 3.07. The van der Waals surface area contributed by atoms with E-state index in [1.165, 1.54) is 11.0 Å². The van der Waals surface area contributed by atoms with Gasteiger partial charge in [0.2, 0.25) is 12.7 Å². The van der Waals surface area contributed by atoms with Gasteiger partial charge in [-0.25, -0.2) is 4.99 Å². The van der Waals surface area contributed by atoms with E-state index in [9.17, 15) is 13.6 Å². The summed E-state index contributed by atoms with van der Waals surface area (Å²) in [4.78, 5) is 17.6. The zero-order valence-electron chi connectivity index (χ0n) is 16.0. The zero-order chi connectivity index (χ0) is 19.8. The number of ether oxygens (including phenoxy) is 3. The molecule has 8 nitrogen and oxygen atoms in total. The third kappa shape index (κ3) is 7.17. The Labute approximate surface area is 179 Å². The summed E-state index contributed by atoms with van der Waals surface area (Å²) in [6, 6.07) is 2.92. The van der Waals surface area contributed by atoms with Crippen LogP contribution in [0.2, 0.25) is 0 Å². The Morgan fingerprint density at radius 1 is 1.29 bits per heavy atom. The third-order valence-electron chi connectivity index (χ3n) is 3.63. The second-order valence-corrected chi connectivity index (χ2v) is 5.93. The molecule has 0 spiro atoms. The number of amides is 1. The number of halogens is 3. The van der Waals surface area contributed by atoms with Crippen LogP contribution < -0.4 is 24.8 Å². The molecule has 1 aliphatic rings. The number of likely N-dealkylation sites (N-methyl/N-ethyl adjacent to an activating group) is 1. The number of guanidine groups is 1. The number of rotatable bonds is 8. The van der Waals surface area contributed by atoms with Crippen LogP contribution in [-0.2, 0) is 11.3 Å². The highest BCUT2D eigenvalue weighted by molar-refractivity contribution is 14.0. The van der Waals surface area contributed by atoms with Crippen molar-refractivity contribution < 1.29 is 27.8 Å². The highest BCUT2D eigenvalue weighted by atomic mass is 127. The van der Waals surface area contributed by atoms with E-state index in [-0.39, 0.29) is 55.5 Å². The lowest BCUT2D eigenvalue weighted by Gasteiger charge is -2.15. The number of benzene rings is 1. The lowest BCUT2D eigenvalue weighted by Crippen LogP contribution is -2.43. The van der Waals surface area contributed by atoms with Gasteiger partial charge in [0.05, 0.1) is 13.1 Å². The van der Waals surface area contributed by atoms with Crippen LogP contribution in [0.25, 0.3) is 0 Å². The molecule has 0 saturated carbocycles. The second kappa shape index (κ2) is 11.7. The van der Waals surface area contributed by atoms with Crippen molar-refractivity contribution in [1.82, 2.24) is 15.5 Å². The molecule has 11 heteroatoms. The van der Waals surface area contributed by atoms with Gasteiger partial charge in [-0.1, -0.05) is 6.92 Å². The fourth-order valence-electron chi connectivity index (χ4n) is 2.19. The summed E-state index contributed by atoms with van der Waals surface area (Å²) in [5.41, 5.74) is 0.413. The largest absolute Gasteiger partial charge is 0.454 e. The van der Waals surface area contributed by atoms with Crippen molar-refractivity contribution >= 4 is 35.8 Å². The Morgan fingerprint density at radius 3 is 2.57 bits per heavy atom. The van der Waals surface area contributed by atoms with E-state index < -0.39 is 6.61 Å². The van der Waals surface area contributed by atoms with Crippen molar-refractivity contribution in [3.63, 3.8) is 0 Å². The molecule has 0 bridgehead atoms. The molecule has 0 saturated heterocycles. The number of carbonyl (C=O) groups excluding carboxylic acids is 1. The Kier molecular flexibility index (Phi) is 10.0. The van der Waals surface area contributed by atoms with Crippen molar-refractivity contribution in [2.45, 2.75) is 26.5 Å². The summed E-state index contributed by atoms with van der Waals surface area (Å²) < 4.78 is 40.5. The minimum Gasteiger partial charge on any atom is -0.454 e. The molecule has 0 unspecified atom stereocenters. The van der Waals surface area contributed by atoms with E-state index in [0.717, 1.165) is 6.42 Å². The normalized spacial score (nSPS) is 12.4. The van der Waals surface area contributed by atoms with Gasteiger partial charge in [-0.2, -0.15) is 8.78 Å². The summed E-state index contributed by atoms with van der Waals surface area (Å²) >= 11 is 0. The van der Waals surface area contributed by atoms with E-state index in [1.54, 1.807) is 20.2 Å². The van der Waals surface area contributed by atoms with E-state index >= 15 is 0 Å². The lowest BCUT2D eigenvalue weighted by atomic mass is 10.1. The molecular weight excluding hydrogens is 489 g/mol. The topological polar surface area (TPSA) is 84.4 Å². The van der Waals surface area contributed by atoms with Crippen LogP contribution in [0.4, 0.5) is 8.78 Å². The molecule has 2 N–H and O–H groups in total. The molecular formula is C17H25F2IN4O4. The van der Waals surface area contributed by atoms with Gasteiger partial charge in [0, 0.05) is 32.3 Å². The van der Waals surface area contributed by atoms with Gasteiger partial charge in [-0.3, -0.25) is 4.79 Å². The quantitative estimate of drug-likeness (QED) is 0.315. The number of alkyl halides is 2. The molecule has 1 heterocycles. The predicted octanol–water partition coefficient (Wildman–Crippen LogP) is 2.17. The van der Waals surface area contributed by atoms with Crippen molar-refractivity contribution in [1.29, 1.82) is 0 Å². The van der Waals surface area contributed by atoms with E-state index in [4.69, 9.17) is 9.47 Å². The number of hydrogen-bond donors (Lipinski definition) is 2. The fraction of sp³-hybridized carbons (Fsp3) is 0.529. The molecule has 1 amide bonds. The predicted molar refractivity (Wildman–Crippen MR) is 111 cm³/mol. The molecule has 0 aliphatic carbocycles. The number of nitrogens with zero attached hydrogens (tertiary/aromatic N) is 2. The first-order valence-corrected chi connectivity index (χ1v) is 8.50. The molecule has 2 rings (SSSR count). The minimum atomic E-state index is -2.97. The molecule has 0 atom stereocenters. The van der Waals surface area contributed by atoms with Crippen LogP contribution in [0.1, 0.15) is 18.9 Å². The van der Waals surface area contributed by atoms with Crippen LogP contribution >= 0.6 is 24.0 Å². The number of carbonyl (C=O) groups is 1. The van der Waals surface area contributed by atoms with Crippen LogP contribution in [-0.4, -0.2) is 57.4 Å². The van der Waals surface area contributed by atoms with Crippen LogP contribution in [0.3, 0.4) is 0 Å². The van der Waals surface area contributed by atoms with Crippen molar-refractivity contribution in [2.24, 2.45) is 4.99 Å². The van der Waals surface area contributed by atoms with Crippen molar-refractivity contribution in [3.05, 3.63) is 17.7 Å². The molecule has 0 fully saturated rings. The van der Waals surface area contributed by atoms with Crippen molar-refractivity contribution in [2.75, 3.05) is 34.0 Å². The first kappa shape index (κ1) is 24.0. The van der Waals surface area contributed by atoms with Crippen LogP contribution in [0.5, 0.6) is 17.2 Å². The number of aliphatic imine (C=N–C) groups is 1. The highest BCUT2D eigenvalue weighted by Gasteiger charge is 2.20. The monoisotopic (exact) mass is 514 g/mol. The third-order valence-corrected chi connectivity index (χ3v) is 3.63. The first-order chi connectivity index (χ1) is 12.9. The summed E-state index contributed by atoms with van der Waals surface area (Å²) in [6.45, 7) is -0.210. The first-order valence-electron chi connectivity index (χ1n) is 8.50. The maximum Gasteiger partial charge on any atom is 0.387 e. The van der Waals surface area contributed by atoms with Gasteiger partial charge < -0.3 is 29.7 Å². The highest BCUT2D eigenvalue weighted by Crippen LogP contribution is 2.38. The molecule has 28 heavy (non-hydrogen) atoms. The maximum absolute atomic E-state index is 12.7. The zero-order valence-corrected chi connectivity index (χ0v) is 18.3. The molecule has 1 aromatic carbocycles. The summed E-state index contributed by atoms with van der Waals surface area (Å²) in [5, 5.41) is 5.99.